The average Bonchev–Trinajstić information content (AvgIpc) is 2.38. The molecule has 3 N–H and O–H groups in total. The van der Waals surface area contributed by atoms with Gasteiger partial charge < -0.3 is 11.1 Å². The molecule has 90 valence electrons. The summed E-state index contributed by atoms with van der Waals surface area (Å²) in [6.07, 6.45) is 11.6. The van der Waals surface area contributed by atoms with Crippen molar-refractivity contribution in [3.05, 3.63) is 41.5 Å². The molecular formula is C15H20N2. The van der Waals surface area contributed by atoms with Crippen LogP contribution in [0.25, 0.3) is 6.08 Å². The Kier molecular flexibility index (Phi) is 3.75. The van der Waals surface area contributed by atoms with E-state index >= 15 is 0 Å². The van der Waals surface area contributed by atoms with Gasteiger partial charge in [-0.1, -0.05) is 49.6 Å². The lowest BCUT2D eigenvalue weighted by molar-refractivity contribution is 0.360. The van der Waals surface area contributed by atoms with E-state index in [-0.39, 0.29) is 5.54 Å². The van der Waals surface area contributed by atoms with Gasteiger partial charge in [0, 0.05) is 11.8 Å². The van der Waals surface area contributed by atoms with Gasteiger partial charge in [-0.05, 0) is 30.0 Å². The second kappa shape index (κ2) is 5.28. The third-order valence-electron chi connectivity index (χ3n) is 3.47. The van der Waals surface area contributed by atoms with Gasteiger partial charge in [0.05, 0.1) is 0 Å². The first-order valence-corrected chi connectivity index (χ1v) is 6.31. The number of rotatable bonds is 3. The van der Waals surface area contributed by atoms with Crippen LogP contribution in [0.1, 0.15) is 43.2 Å². The summed E-state index contributed by atoms with van der Waals surface area (Å²) in [5.74, 6) is 0. The zero-order valence-electron chi connectivity index (χ0n) is 10.2. The van der Waals surface area contributed by atoms with Crippen LogP contribution in [0.2, 0.25) is 0 Å². The van der Waals surface area contributed by atoms with Crippen LogP contribution >= 0.6 is 0 Å². The molecule has 0 atom stereocenters. The molecule has 0 bridgehead atoms. The van der Waals surface area contributed by atoms with Gasteiger partial charge in [0.25, 0.3) is 0 Å². The highest BCUT2D eigenvalue weighted by Crippen LogP contribution is 2.27. The van der Waals surface area contributed by atoms with Crippen LogP contribution in [0, 0.1) is 5.41 Å². The van der Waals surface area contributed by atoms with Crippen molar-refractivity contribution in [2.75, 3.05) is 0 Å². The van der Waals surface area contributed by atoms with Gasteiger partial charge in [-0.3, -0.25) is 0 Å². The summed E-state index contributed by atoms with van der Waals surface area (Å²) >= 11 is 0. The fraction of sp³-hybridized carbons (Fsp3) is 0.400. The Bertz CT molecular complexity index is 415. The molecule has 1 aromatic rings. The number of hydrogen-bond donors (Lipinski definition) is 2. The molecule has 1 aliphatic rings. The minimum atomic E-state index is -0.112. The quantitative estimate of drug-likeness (QED) is 0.766. The maximum atomic E-state index is 7.23. The van der Waals surface area contributed by atoms with E-state index in [0.29, 0.717) is 0 Å². The van der Waals surface area contributed by atoms with Gasteiger partial charge in [-0.15, -0.1) is 0 Å². The van der Waals surface area contributed by atoms with Crippen LogP contribution in [-0.2, 0) is 0 Å². The van der Waals surface area contributed by atoms with Gasteiger partial charge in [0.15, 0.2) is 0 Å². The highest BCUT2D eigenvalue weighted by Gasteiger charge is 2.23. The summed E-state index contributed by atoms with van der Waals surface area (Å²) in [7, 11) is 0. The fourth-order valence-corrected chi connectivity index (χ4v) is 2.39. The van der Waals surface area contributed by atoms with Crippen molar-refractivity contribution < 1.29 is 0 Å². The van der Waals surface area contributed by atoms with E-state index in [9.17, 15) is 0 Å². The number of nitrogens with one attached hydrogen (secondary N) is 1. The first kappa shape index (κ1) is 12.1. The Morgan fingerprint density at radius 1 is 1.12 bits per heavy atom. The summed E-state index contributed by atoms with van der Waals surface area (Å²) in [5, 5.41) is 7.23. The molecule has 1 saturated carbocycles. The van der Waals surface area contributed by atoms with Gasteiger partial charge in [0.2, 0.25) is 0 Å². The molecule has 0 amide bonds. The van der Waals surface area contributed by atoms with E-state index in [1.807, 2.05) is 18.2 Å². The molecular weight excluding hydrogens is 208 g/mol. The highest BCUT2D eigenvalue weighted by atomic mass is 14.7. The second-order valence-corrected chi connectivity index (χ2v) is 4.94. The van der Waals surface area contributed by atoms with Crippen LogP contribution in [0.5, 0.6) is 0 Å². The van der Waals surface area contributed by atoms with Crippen molar-refractivity contribution in [1.29, 1.82) is 5.41 Å². The lowest BCUT2D eigenvalue weighted by atomic mass is 9.82. The number of benzene rings is 1. The van der Waals surface area contributed by atoms with E-state index in [0.717, 1.165) is 24.0 Å². The Morgan fingerprint density at radius 3 is 2.53 bits per heavy atom. The van der Waals surface area contributed by atoms with E-state index in [2.05, 4.69) is 18.2 Å². The highest BCUT2D eigenvalue weighted by molar-refractivity contribution is 5.78. The Morgan fingerprint density at radius 2 is 1.82 bits per heavy atom. The van der Waals surface area contributed by atoms with Crippen LogP contribution in [0.4, 0.5) is 0 Å². The van der Waals surface area contributed by atoms with E-state index in [1.165, 1.54) is 25.5 Å². The molecule has 1 aromatic carbocycles. The average molecular weight is 228 g/mol. The van der Waals surface area contributed by atoms with Crippen molar-refractivity contribution in [2.45, 2.75) is 37.6 Å². The van der Waals surface area contributed by atoms with E-state index in [1.54, 1.807) is 0 Å². The maximum absolute atomic E-state index is 7.23. The normalized spacial score (nSPS) is 19.4. The molecule has 0 heterocycles. The Labute approximate surface area is 103 Å². The minimum Gasteiger partial charge on any atom is -0.322 e. The molecule has 0 aromatic heterocycles. The summed E-state index contributed by atoms with van der Waals surface area (Å²) in [5.41, 5.74) is 8.29. The lowest BCUT2D eigenvalue weighted by Crippen LogP contribution is -2.39. The predicted molar refractivity (Wildman–Crippen MR) is 73.4 cm³/mol. The zero-order valence-corrected chi connectivity index (χ0v) is 10.2. The summed E-state index contributed by atoms with van der Waals surface area (Å²) in [4.78, 5) is 0. The van der Waals surface area contributed by atoms with Gasteiger partial charge in [-0.2, -0.15) is 0 Å². The van der Waals surface area contributed by atoms with Crippen molar-refractivity contribution >= 4 is 12.3 Å². The SMILES string of the molecule is N=Cc1cccc(/C=C/C2(N)CCCCC2)c1. The molecule has 1 aliphatic carbocycles. The standard InChI is InChI=1S/C15H20N2/c16-12-14-6-4-5-13(11-14)7-10-15(17)8-2-1-3-9-15/h4-7,10-12,16H,1-3,8-9,17H2/b10-7+,16-12?. The van der Waals surface area contributed by atoms with E-state index in [4.69, 9.17) is 11.1 Å². The molecule has 0 radical (unpaired) electrons. The molecule has 17 heavy (non-hydrogen) atoms. The van der Waals surface area contributed by atoms with E-state index < -0.39 is 0 Å². The smallest absolute Gasteiger partial charge is 0.0342 e. The third-order valence-corrected chi connectivity index (χ3v) is 3.47. The van der Waals surface area contributed by atoms with Gasteiger partial charge >= 0.3 is 0 Å². The van der Waals surface area contributed by atoms with Gasteiger partial charge in [0.1, 0.15) is 0 Å². The molecule has 2 nitrogen and oxygen atoms in total. The predicted octanol–water partition coefficient (Wildman–Crippen LogP) is 3.36. The molecule has 2 rings (SSSR count). The largest absolute Gasteiger partial charge is 0.322 e. The summed E-state index contributed by atoms with van der Waals surface area (Å²) in [6, 6.07) is 7.97. The Balaban J connectivity index is 2.10. The molecule has 0 spiro atoms. The van der Waals surface area contributed by atoms with Crippen molar-refractivity contribution in [3.8, 4) is 0 Å². The summed E-state index contributed by atoms with van der Waals surface area (Å²) in [6.45, 7) is 0. The van der Waals surface area contributed by atoms with Gasteiger partial charge in [-0.25, -0.2) is 0 Å². The first-order valence-electron chi connectivity index (χ1n) is 6.31. The van der Waals surface area contributed by atoms with Crippen LogP contribution in [0.3, 0.4) is 0 Å². The van der Waals surface area contributed by atoms with Crippen molar-refractivity contribution in [2.24, 2.45) is 5.73 Å². The second-order valence-electron chi connectivity index (χ2n) is 4.94. The summed E-state index contributed by atoms with van der Waals surface area (Å²) < 4.78 is 0. The maximum Gasteiger partial charge on any atom is 0.0342 e. The molecule has 0 unspecified atom stereocenters. The number of hydrogen-bond acceptors (Lipinski definition) is 2. The third kappa shape index (κ3) is 3.27. The molecule has 0 saturated heterocycles. The Hall–Kier alpha value is -1.41. The number of nitrogens with two attached hydrogens (primary N) is 1. The van der Waals surface area contributed by atoms with Crippen LogP contribution < -0.4 is 5.73 Å². The topological polar surface area (TPSA) is 49.9 Å². The van der Waals surface area contributed by atoms with Crippen LogP contribution in [-0.4, -0.2) is 11.8 Å². The van der Waals surface area contributed by atoms with Crippen molar-refractivity contribution in [1.82, 2.24) is 0 Å². The molecule has 2 heteroatoms. The molecule has 1 fully saturated rings. The molecule has 0 aliphatic heterocycles. The van der Waals surface area contributed by atoms with Crippen molar-refractivity contribution in [3.63, 3.8) is 0 Å². The minimum absolute atomic E-state index is 0.112. The zero-order chi connectivity index (χ0) is 12.1. The fourth-order valence-electron chi connectivity index (χ4n) is 2.39. The first-order chi connectivity index (χ1) is 8.22. The monoisotopic (exact) mass is 228 g/mol. The lowest BCUT2D eigenvalue weighted by Gasteiger charge is -2.30. The van der Waals surface area contributed by atoms with Crippen LogP contribution in [0.15, 0.2) is 30.3 Å².